The molecule has 6 rings (SSSR count). The van der Waals surface area contributed by atoms with E-state index in [1.165, 1.54) is 0 Å². The molecule has 1 saturated heterocycles. The van der Waals surface area contributed by atoms with Crippen molar-refractivity contribution in [1.82, 2.24) is 9.78 Å². The van der Waals surface area contributed by atoms with E-state index in [-0.39, 0.29) is 0 Å². The average molecular weight is 515 g/mol. The Morgan fingerprint density at radius 2 is 1.15 bits per heavy atom. The van der Waals surface area contributed by atoms with Crippen LogP contribution in [0.3, 0.4) is 0 Å². The first-order chi connectivity index (χ1) is 18.8. The Kier molecular flexibility index (Phi) is 6.13. The third-order valence-electron chi connectivity index (χ3n) is 8.36. The quantitative estimate of drug-likeness (QED) is 0.216. The molecule has 0 radical (unpaired) electrons. The van der Waals surface area contributed by atoms with E-state index in [9.17, 15) is 0 Å². The lowest BCUT2D eigenvalue weighted by molar-refractivity contribution is 0.00578. The first-order valence-corrected chi connectivity index (χ1v) is 13.5. The molecular formula is C33H34BN3O2. The summed E-state index contributed by atoms with van der Waals surface area (Å²) in [6.45, 7) is 8.32. The van der Waals surface area contributed by atoms with E-state index in [0.717, 1.165) is 38.9 Å². The highest BCUT2D eigenvalue weighted by molar-refractivity contribution is 6.62. The Labute approximate surface area is 230 Å². The Morgan fingerprint density at radius 1 is 0.692 bits per heavy atom. The molecule has 39 heavy (non-hydrogen) atoms. The lowest BCUT2D eigenvalue weighted by Crippen LogP contribution is -2.41. The van der Waals surface area contributed by atoms with Gasteiger partial charge in [0.1, 0.15) is 5.54 Å². The van der Waals surface area contributed by atoms with E-state index in [1.54, 1.807) is 0 Å². The van der Waals surface area contributed by atoms with E-state index in [2.05, 4.69) is 147 Å². The van der Waals surface area contributed by atoms with Crippen molar-refractivity contribution in [3.05, 3.63) is 126 Å². The zero-order chi connectivity index (χ0) is 27.3. The van der Waals surface area contributed by atoms with Gasteiger partial charge in [-0.3, -0.25) is 0 Å². The third kappa shape index (κ3) is 3.98. The fourth-order valence-electron chi connectivity index (χ4n) is 5.61. The molecule has 0 atom stereocenters. The number of anilines is 1. The van der Waals surface area contributed by atoms with Gasteiger partial charge in [-0.15, -0.1) is 0 Å². The second-order valence-corrected chi connectivity index (χ2v) is 11.2. The second kappa shape index (κ2) is 9.40. The summed E-state index contributed by atoms with van der Waals surface area (Å²) in [6, 6.07) is 38.3. The lowest BCUT2D eigenvalue weighted by atomic mass is 9.76. The van der Waals surface area contributed by atoms with Crippen LogP contribution in [-0.2, 0) is 14.8 Å². The summed E-state index contributed by atoms with van der Waals surface area (Å²) in [5.41, 5.74) is 3.84. The van der Waals surface area contributed by atoms with Crippen molar-refractivity contribution in [1.29, 1.82) is 0 Å². The predicted molar refractivity (Wildman–Crippen MR) is 160 cm³/mol. The van der Waals surface area contributed by atoms with Gasteiger partial charge in [0, 0.05) is 12.4 Å². The van der Waals surface area contributed by atoms with Crippen LogP contribution >= 0.6 is 0 Å². The van der Waals surface area contributed by atoms with Crippen molar-refractivity contribution in [3.63, 3.8) is 0 Å². The summed E-state index contributed by atoms with van der Waals surface area (Å²) >= 11 is 0. The number of aromatic nitrogens is 2. The standard InChI is InChI=1S/C33H34BN3O2/c1-31(2)32(3,4)39-34(38-31)27-21-22-29-28(23-27)30(35-5)36-37(29)33(24-15-9-6-10-16-24,25-17-11-7-12-18-25)26-19-13-8-14-20-26/h6-23H,1-5H3,(H,35,36). The molecule has 1 N–H and O–H groups in total. The molecule has 196 valence electrons. The summed E-state index contributed by atoms with van der Waals surface area (Å²) in [7, 11) is 1.47. The fraction of sp³-hybridized carbons (Fsp3) is 0.242. The largest absolute Gasteiger partial charge is 0.494 e. The van der Waals surface area contributed by atoms with Crippen LogP contribution in [0.2, 0.25) is 0 Å². The van der Waals surface area contributed by atoms with Crippen LogP contribution in [-0.4, -0.2) is 35.1 Å². The van der Waals surface area contributed by atoms with Gasteiger partial charge >= 0.3 is 7.12 Å². The number of hydrogen-bond acceptors (Lipinski definition) is 4. The summed E-state index contributed by atoms with van der Waals surface area (Å²) in [4.78, 5) is 0. The smallest absolute Gasteiger partial charge is 0.399 e. The van der Waals surface area contributed by atoms with Gasteiger partial charge in [0.2, 0.25) is 0 Å². The van der Waals surface area contributed by atoms with Crippen molar-refractivity contribution in [3.8, 4) is 0 Å². The van der Waals surface area contributed by atoms with E-state index in [4.69, 9.17) is 14.4 Å². The molecule has 0 aliphatic carbocycles. The van der Waals surface area contributed by atoms with Crippen molar-refractivity contribution in [2.24, 2.45) is 0 Å². The molecule has 4 aromatic carbocycles. The maximum absolute atomic E-state index is 6.38. The third-order valence-corrected chi connectivity index (χ3v) is 8.36. The summed E-state index contributed by atoms with van der Waals surface area (Å²) in [5, 5.41) is 9.62. The Bertz CT molecular complexity index is 1490. The molecule has 0 unspecified atom stereocenters. The highest BCUT2D eigenvalue weighted by Crippen LogP contribution is 2.43. The first kappa shape index (κ1) is 25.4. The molecule has 6 heteroatoms. The van der Waals surface area contributed by atoms with Gasteiger partial charge in [0.25, 0.3) is 0 Å². The van der Waals surface area contributed by atoms with Gasteiger partial charge in [0.15, 0.2) is 5.82 Å². The molecular weight excluding hydrogens is 481 g/mol. The van der Waals surface area contributed by atoms with Gasteiger partial charge in [-0.05, 0) is 62.0 Å². The van der Waals surface area contributed by atoms with Gasteiger partial charge in [0.05, 0.1) is 16.7 Å². The lowest BCUT2D eigenvalue weighted by Gasteiger charge is -2.37. The maximum atomic E-state index is 6.38. The van der Waals surface area contributed by atoms with Crippen molar-refractivity contribution in [2.75, 3.05) is 12.4 Å². The van der Waals surface area contributed by atoms with Gasteiger partial charge in [-0.2, -0.15) is 5.10 Å². The van der Waals surface area contributed by atoms with Crippen molar-refractivity contribution in [2.45, 2.75) is 44.4 Å². The second-order valence-electron chi connectivity index (χ2n) is 11.2. The van der Waals surface area contributed by atoms with Crippen LogP contribution in [0.4, 0.5) is 5.82 Å². The summed E-state index contributed by atoms with van der Waals surface area (Å²) in [5.74, 6) is 0.801. The molecule has 1 aliphatic heterocycles. The van der Waals surface area contributed by atoms with Crippen molar-refractivity contribution < 1.29 is 9.31 Å². The normalized spacial score (nSPS) is 16.5. The zero-order valence-electron chi connectivity index (χ0n) is 23.2. The van der Waals surface area contributed by atoms with Crippen LogP contribution in [0.5, 0.6) is 0 Å². The monoisotopic (exact) mass is 515 g/mol. The number of hydrogen-bond donors (Lipinski definition) is 1. The number of nitrogens with one attached hydrogen (secondary N) is 1. The van der Waals surface area contributed by atoms with Crippen LogP contribution < -0.4 is 10.8 Å². The minimum Gasteiger partial charge on any atom is -0.399 e. The summed E-state index contributed by atoms with van der Waals surface area (Å²) < 4.78 is 14.9. The summed E-state index contributed by atoms with van der Waals surface area (Å²) in [6.07, 6.45) is 0. The number of fused-ring (bicyclic) bond motifs is 1. The van der Waals surface area contributed by atoms with Gasteiger partial charge in [-0.25, -0.2) is 4.68 Å². The fourth-order valence-corrected chi connectivity index (χ4v) is 5.61. The Morgan fingerprint density at radius 3 is 1.59 bits per heavy atom. The van der Waals surface area contributed by atoms with E-state index < -0.39 is 23.9 Å². The highest BCUT2D eigenvalue weighted by Gasteiger charge is 2.52. The van der Waals surface area contributed by atoms with Crippen LogP contribution in [0, 0.1) is 0 Å². The topological polar surface area (TPSA) is 48.3 Å². The molecule has 0 saturated carbocycles. The Hall–Kier alpha value is -3.87. The molecule has 2 heterocycles. The molecule has 0 spiro atoms. The molecule has 5 nitrogen and oxygen atoms in total. The predicted octanol–water partition coefficient (Wildman–Crippen LogP) is 6.22. The average Bonchev–Trinajstić information content (AvgIpc) is 3.43. The van der Waals surface area contributed by atoms with Crippen LogP contribution in [0.25, 0.3) is 10.9 Å². The maximum Gasteiger partial charge on any atom is 0.494 e. The van der Waals surface area contributed by atoms with Gasteiger partial charge < -0.3 is 14.6 Å². The molecule has 1 aromatic heterocycles. The van der Waals surface area contributed by atoms with E-state index in [0.29, 0.717) is 0 Å². The van der Waals surface area contributed by atoms with Gasteiger partial charge in [-0.1, -0.05) is 97.1 Å². The first-order valence-electron chi connectivity index (χ1n) is 13.5. The zero-order valence-corrected chi connectivity index (χ0v) is 23.2. The Balaban J connectivity index is 1.63. The highest BCUT2D eigenvalue weighted by atomic mass is 16.7. The SMILES string of the molecule is CNc1nn(C(c2ccccc2)(c2ccccc2)c2ccccc2)c2ccc(B3OC(C)(C)C(C)(C)O3)cc12. The van der Waals surface area contributed by atoms with Crippen LogP contribution in [0.15, 0.2) is 109 Å². The minimum atomic E-state index is -0.705. The number of nitrogens with zero attached hydrogens (tertiary/aromatic N) is 2. The minimum absolute atomic E-state index is 0.411. The molecule has 5 aromatic rings. The van der Waals surface area contributed by atoms with Crippen LogP contribution in [0.1, 0.15) is 44.4 Å². The molecule has 0 amide bonds. The van der Waals surface area contributed by atoms with E-state index in [1.807, 2.05) is 7.05 Å². The number of rotatable bonds is 6. The van der Waals surface area contributed by atoms with Crippen molar-refractivity contribution >= 4 is 29.3 Å². The molecule has 1 fully saturated rings. The van der Waals surface area contributed by atoms with E-state index >= 15 is 0 Å². The molecule has 1 aliphatic rings. The number of benzene rings is 4. The molecule has 0 bridgehead atoms.